The van der Waals surface area contributed by atoms with Gasteiger partial charge in [-0.3, -0.25) is 4.79 Å². The second-order valence-electron chi connectivity index (χ2n) is 5.77. The Balaban J connectivity index is 1.98. The van der Waals surface area contributed by atoms with E-state index in [2.05, 4.69) is 15.3 Å². The van der Waals surface area contributed by atoms with Crippen molar-refractivity contribution in [2.45, 2.75) is 12.8 Å². The summed E-state index contributed by atoms with van der Waals surface area (Å²) in [7, 11) is 1.55. The van der Waals surface area contributed by atoms with Gasteiger partial charge in [0.1, 0.15) is 5.82 Å². The van der Waals surface area contributed by atoms with Crippen molar-refractivity contribution in [1.82, 2.24) is 15.3 Å². The summed E-state index contributed by atoms with van der Waals surface area (Å²) in [6.07, 6.45) is 3.51. The van der Waals surface area contributed by atoms with Crippen LogP contribution < -0.4 is 5.32 Å². The number of aryl methyl sites for hydroxylation is 1. The van der Waals surface area contributed by atoms with Crippen molar-refractivity contribution in [1.29, 1.82) is 0 Å². The lowest BCUT2D eigenvalue weighted by Crippen LogP contribution is -2.27. The van der Waals surface area contributed by atoms with Gasteiger partial charge in [-0.2, -0.15) is 0 Å². The van der Waals surface area contributed by atoms with Gasteiger partial charge in [0.15, 0.2) is 5.82 Å². The Morgan fingerprint density at radius 1 is 1.04 bits per heavy atom. The molecule has 1 atom stereocenters. The quantitative estimate of drug-likeness (QED) is 0.794. The number of halogens is 1. The summed E-state index contributed by atoms with van der Waals surface area (Å²) < 4.78 is 14.2. The molecule has 0 saturated heterocycles. The smallest absolute Gasteiger partial charge is 0.231 e. The van der Waals surface area contributed by atoms with Crippen LogP contribution in [0.4, 0.5) is 4.39 Å². The molecule has 0 radical (unpaired) electrons. The van der Waals surface area contributed by atoms with Crippen molar-refractivity contribution in [3.8, 4) is 11.4 Å². The van der Waals surface area contributed by atoms with E-state index in [9.17, 15) is 9.18 Å². The minimum atomic E-state index is -0.709. The molecule has 0 aliphatic carbocycles. The first kappa shape index (κ1) is 16.8. The number of amides is 1. The molecule has 3 aromatic rings. The highest BCUT2D eigenvalue weighted by Gasteiger charge is 2.24. The van der Waals surface area contributed by atoms with Crippen molar-refractivity contribution >= 4 is 5.91 Å². The lowest BCUT2D eigenvalue weighted by molar-refractivity contribution is -0.121. The Kier molecular flexibility index (Phi) is 4.84. The van der Waals surface area contributed by atoms with Crippen LogP contribution >= 0.6 is 0 Å². The van der Waals surface area contributed by atoms with Crippen molar-refractivity contribution in [3.05, 3.63) is 83.4 Å². The molecular formula is C20H18FN3O. The molecule has 4 nitrogen and oxygen atoms in total. The largest absolute Gasteiger partial charge is 0.358 e. The van der Waals surface area contributed by atoms with Gasteiger partial charge in [-0.1, -0.05) is 42.5 Å². The lowest BCUT2D eigenvalue weighted by Gasteiger charge is -2.17. The molecule has 126 valence electrons. The van der Waals surface area contributed by atoms with Crippen LogP contribution in [-0.2, 0) is 4.79 Å². The minimum Gasteiger partial charge on any atom is -0.358 e. The SMILES string of the molecule is CNC(=O)C(c1ccc(-c2ncc(C)cn2)cc1)c1ccccc1F. The normalized spacial score (nSPS) is 11.8. The fourth-order valence-corrected chi connectivity index (χ4v) is 2.69. The van der Waals surface area contributed by atoms with Crippen LogP contribution in [0.15, 0.2) is 60.9 Å². The molecule has 0 saturated carbocycles. The van der Waals surface area contributed by atoms with E-state index in [4.69, 9.17) is 0 Å². The molecule has 1 aromatic heterocycles. The molecule has 0 aliphatic rings. The van der Waals surface area contributed by atoms with Gasteiger partial charge in [0.25, 0.3) is 0 Å². The van der Waals surface area contributed by atoms with E-state index < -0.39 is 11.7 Å². The minimum absolute atomic E-state index is 0.260. The van der Waals surface area contributed by atoms with Crippen LogP contribution in [0, 0.1) is 12.7 Å². The third kappa shape index (κ3) is 3.55. The van der Waals surface area contributed by atoms with Gasteiger partial charge in [-0.05, 0) is 24.1 Å². The zero-order chi connectivity index (χ0) is 17.8. The van der Waals surface area contributed by atoms with E-state index in [1.165, 1.54) is 6.07 Å². The van der Waals surface area contributed by atoms with Crippen LogP contribution in [0.5, 0.6) is 0 Å². The van der Waals surface area contributed by atoms with Crippen molar-refractivity contribution in [3.63, 3.8) is 0 Å². The molecule has 1 amide bonds. The number of carbonyl (C=O) groups is 1. The Bertz CT molecular complexity index is 876. The number of rotatable bonds is 4. The molecule has 5 heteroatoms. The van der Waals surface area contributed by atoms with Gasteiger partial charge >= 0.3 is 0 Å². The van der Waals surface area contributed by atoms with E-state index >= 15 is 0 Å². The van der Waals surface area contributed by atoms with Gasteiger partial charge < -0.3 is 5.32 Å². The molecular weight excluding hydrogens is 317 g/mol. The zero-order valence-electron chi connectivity index (χ0n) is 14.0. The highest BCUT2D eigenvalue weighted by molar-refractivity contribution is 5.87. The molecule has 3 rings (SSSR count). The van der Waals surface area contributed by atoms with Gasteiger partial charge in [0, 0.05) is 30.6 Å². The van der Waals surface area contributed by atoms with Crippen LogP contribution in [0.1, 0.15) is 22.6 Å². The number of hydrogen-bond donors (Lipinski definition) is 1. The fraction of sp³-hybridized carbons (Fsp3) is 0.150. The van der Waals surface area contributed by atoms with E-state index in [1.54, 1.807) is 37.6 Å². The second-order valence-corrected chi connectivity index (χ2v) is 5.77. The molecule has 0 spiro atoms. The number of carbonyl (C=O) groups excluding carboxylic acids is 1. The first-order valence-electron chi connectivity index (χ1n) is 7.95. The van der Waals surface area contributed by atoms with Gasteiger partial charge in [-0.25, -0.2) is 14.4 Å². The standard InChI is InChI=1S/C20H18FN3O/c1-13-11-23-19(24-12-13)15-9-7-14(8-10-15)18(20(25)22-2)16-5-3-4-6-17(16)21/h3-12,18H,1-2H3,(H,22,25). The average Bonchev–Trinajstić information content (AvgIpc) is 2.64. The summed E-state index contributed by atoms with van der Waals surface area (Å²) in [6.45, 7) is 1.93. The predicted molar refractivity (Wildman–Crippen MR) is 94.5 cm³/mol. The monoisotopic (exact) mass is 335 g/mol. The summed E-state index contributed by atoms with van der Waals surface area (Å²) in [5.41, 5.74) is 2.88. The van der Waals surface area contributed by atoms with Gasteiger partial charge in [0.05, 0.1) is 5.92 Å². The fourth-order valence-electron chi connectivity index (χ4n) is 2.69. The first-order chi connectivity index (χ1) is 12.1. The van der Waals surface area contributed by atoms with E-state index in [1.807, 2.05) is 31.2 Å². The number of nitrogens with one attached hydrogen (secondary N) is 1. The summed E-state index contributed by atoms with van der Waals surface area (Å²) in [5.74, 6) is -0.759. The third-order valence-corrected chi connectivity index (χ3v) is 4.01. The van der Waals surface area contributed by atoms with Crippen LogP contribution in [0.25, 0.3) is 11.4 Å². The Hall–Kier alpha value is -3.08. The molecule has 0 fully saturated rings. The number of nitrogens with zero attached hydrogens (tertiary/aromatic N) is 2. The number of aromatic nitrogens is 2. The third-order valence-electron chi connectivity index (χ3n) is 4.01. The maximum atomic E-state index is 14.2. The van der Waals surface area contributed by atoms with E-state index in [-0.39, 0.29) is 5.91 Å². The lowest BCUT2D eigenvalue weighted by atomic mass is 9.89. The van der Waals surface area contributed by atoms with Crippen LogP contribution in [0.2, 0.25) is 0 Å². The molecule has 1 heterocycles. The Labute approximate surface area is 145 Å². The molecule has 1 N–H and O–H groups in total. The molecule has 0 aliphatic heterocycles. The van der Waals surface area contributed by atoms with Crippen molar-refractivity contribution in [2.24, 2.45) is 0 Å². The van der Waals surface area contributed by atoms with Crippen molar-refractivity contribution < 1.29 is 9.18 Å². The maximum absolute atomic E-state index is 14.2. The van der Waals surface area contributed by atoms with Crippen LogP contribution in [0.3, 0.4) is 0 Å². The summed E-state index contributed by atoms with van der Waals surface area (Å²) in [6, 6.07) is 13.6. The van der Waals surface area contributed by atoms with Crippen LogP contribution in [-0.4, -0.2) is 22.9 Å². The average molecular weight is 335 g/mol. The zero-order valence-corrected chi connectivity index (χ0v) is 14.0. The highest BCUT2D eigenvalue weighted by atomic mass is 19.1. The predicted octanol–water partition coefficient (Wildman–Crippen LogP) is 3.47. The molecule has 2 aromatic carbocycles. The van der Waals surface area contributed by atoms with E-state index in [0.717, 1.165) is 11.1 Å². The molecule has 25 heavy (non-hydrogen) atoms. The second kappa shape index (κ2) is 7.21. The van der Waals surface area contributed by atoms with Crippen molar-refractivity contribution in [2.75, 3.05) is 7.05 Å². The van der Waals surface area contributed by atoms with Gasteiger partial charge in [0.2, 0.25) is 5.91 Å². The maximum Gasteiger partial charge on any atom is 0.231 e. The Morgan fingerprint density at radius 3 is 2.28 bits per heavy atom. The van der Waals surface area contributed by atoms with Gasteiger partial charge in [-0.15, -0.1) is 0 Å². The molecule has 0 bridgehead atoms. The first-order valence-corrected chi connectivity index (χ1v) is 7.95. The number of likely N-dealkylation sites (N-methyl/N-ethyl adjacent to an activating group) is 1. The summed E-state index contributed by atoms with van der Waals surface area (Å²) in [4.78, 5) is 20.9. The summed E-state index contributed by atoms with van der Waals surface area (Å²) >= 11 is 0. The molecule has 1 unspecified atom stereocenters. The summed E-state index contributed by atoms with van der Waals surface area (Å²) in [5, 5.41) is 2.61. The Morgan fingerprint density at radius 2 is 1.68 bits per heavy atom. The number of hydrogen-bond acceptors (Lipinski definition) is 3. The number of benzene rings is 2. The highest BCUT2D eigenvalue weighted by Crippen LogP contribution is 2.28. The topological polar surface area (TPSA) is 54.9 Å². The van der Waals surface area contributed by atoms with E-state index in [0.29, 0.717) is 17.0 Å².